The Morgan fingerprint density at radius 2 is 1.83 bits per heavy atom. The van der Waals surface area contributed by atoms with E-state index in [-0.39, 0.29) is 0 Å². The van der Waals surface area contributed by atoms with Crippen molar-refractivity contribution in [2.75, 3.05) is 24.8 Å². The smallest absolute Gasteiger partial charge is 0.222 e. The predicted octanol–water partition coefficient (Wildman–Crippen LogP) is 6.00. The lowest BCUT2D eigenvalue weighted by molar-refractivity contribution is 0.185. The monoisotopic (exact) mass is 485 g/mol. The first-order valence-electron chi connectivity index (χ1n) is 11.6. The lowest BCUT2D eigenvalue weighted by atomic mass is 9.99. The van der Waals surface area contributed by atoms with E-state index in [2.05, 4.69) is 39.6 Å². The van der Waals surface area contributed by atoms with E-state index in [9.17, 15) is 4.55 Å². The molecule has 35 heavy (non-hydrogen) atoms. The Morgan fingerprint density at radius 1 is 1.00 bits per heavy atom. The molecule has 1 fully saturated rings. The van der Waals surface area contributed by atoms with Crippen molar-refractivity contribution in [1.82, 2.24) is 9.97 Å². The molecule has 2 aromatic heterocycles. The molecule has 1 aliphatic rings. The van der Waals surface area contributed by atoms with Crippen molar-refractivity contribution < 1.29 is 14.0 Å². The van der Waals surface area contributed by atoms with Gasteiger partial charge in [0.2, 0.25) is 5.88 Å². The van der Waals surface area contributed by atoms with Gasteiger partial charge >= 0.3 is 0 Å². The van der Waals surface area contributed by atoms with Crippen LogP contribution in [0.25, 0.3) is 11.1 Å². The Morgan fingerprint density at radius 3 is 2.51 bits per heavy atom. The minimum atomic E-state index is -1.03. The molecule has 0 spiro atoms. The standard InChI is InChI=1S/C28H27N3O3S/c1-35(32)26-10-8-25(9-11-26)34-28-23(15-20-13-14-33-19-20)16-24(18-30-28)31-27-12-7-22(17-29-27)21-5-3-2-4-6-21/h2-12,16-18,20H,13-15,19H2,1H3,(H,29,31). The van der Waals surface area contributed by atoms with E-state index in [0.717, 1.165) is 59.1 Å². The lowest BCUT2D eigenvalue weighted by Gasteiger charge is -2.15. The molecule has 0 bridgehead atoms. The number of anilines is 2. The maximum Gasteiger partial charge on any atom is 0.222 e. The highest BCUT2D eigenvalue weighted by atomic mass is 32.2. The van der Waals surface area contributed by atoms with Crippen LogP contribution >= 0.6 is 0 Å². The third-order valence-corrected chi connectivity index (χ3v) is 6.91. The Bertz CT molecular complexity index is 1240. The summed E-state index contributed by atoms with van der Waals surface area (Å²) < 4.78 is 23.4. The summed E-state index contributed by atoms with van der Waals surface area (Å²) in [5.74, 6) is 2.41. The molecule has 5 rings (SSSR count). The quantitative estimate of drug-likeness (QED) is 0.309. The van der Waals surface area contributed by atoms with Gasteiger partial charge < -0.3 is 19.3 Å². The highest BCUT2D eigenvalue weighted by Gasteiger charge is 2.20. The minimum absolute atomic E-state index is 0.433. The van der Waals surface area contributed by atoms with Crippen molar-refractivity contribution in [3.63, 3.8) is 0 Å². The van der Waals surface area contributed by atoms with Crippen molar-refractivity contribution in [1.29, 1.82) is 0 Å². The summed E-state index contributed by atoms with van der Waals surface area (Å²) in [5.41, 5.74) is 4.06. The van der Waals surface area contributed by atoms with Crippen LogP contribution < -0.4 is 10.1 Å². The fourth-order valence-electron chi connectivity index (χ4n) is 4.09. The first-order chi connectivity index (χ1) is 17.1. The van der Waals surface area contributed by atoms with Gasteiger partial charge in [0.05, 0.1) is 11.9 Å². The number of benzene rings is 2. The fraction of sp³-hybridized carbons (Fsp3) is 0.214. The zero-order chi connectivity index (χ0) is 24.0. The number of hydrogen-bond donors (Lipinski definition) is 1. The molecule has 6 nitrogen and oxygen atoms in total. The predicted molar refractivity (Wildman–Crippen MR) is 139 cm³/mol. The Hall–Kier alpha value is -3.39. The van der Waals surface area contributed by atoms with Crippen LogP contribution in [0.2, 0.25) is 0 Å². The van der Waals surface area contributed by atoms with Gasteiger partial charge in [0.25, 0.3) is 0 Å². The number of pyridine rings is 2. The van der Waals surface area contributed by atoms with Gasteiger partial charge in [-0.1, -0.05) is 30.3 Å². The van der Waals surface area contributed by atoms with Gasteiger partial charge in [-0.15, -0.1) is 0 Å². The molecular formula is C28H27N3O3S. The molecule has 178 valence electrons. The number of nitrogens with zero attached hydrogens (tertiary/aromatic N) is 2. The summed E-state index contributed by atoms with van der Waals surface area (Å²) in [6.45, 7) is 1.54. The van der Waals surface area contributed by atoms with Crippen molar-refractivity contribution in [3.8, 4) is 22.8 Å². The Balaban J connectivity index is 1.35. The molecule has 3 heterocycles. The molecule has 1 N–H and O–H groups in total. The van der Waals surface area contributed by atoms with Crippen molar-refractivity contribution in [2.24, 2.45) is 5.92 Å². The molecule has 0 aliphatic carbocycles. The van der Waals surface area contributed by atoms with Gasteiger partial charge in [-0.2, -0.15) is 0 Å². The molecule has 0 radical (unpaired) electrons. The number of aromatic nitrogens is 2. The molecule has 7 heteroatoms. The van der Waals surface area contributed by atoms with E-state index in [4.69, 9.17) is 9.47 Å². The van der Waals surface area contributed by atoms with Crippen LogP contribution in [0.4, 0.5) is 11.5 Å². The van der Waals surface area contributed by atoms with Gasteiger partial charge in [0.15, 0.2) is 4.90 Å². The number of nitrogens with one attached hydrogen (secondary N) is 1. The van der Waals surface area contributed by atoms with Crippen LogP contribution in [0.3, 0.4) is 0 Å². The van der Waals surface area contributed by atoms with E-state index in [1.54, 1.807) is 12.5 Å². The van der Waals surface area contributed by atoms with Crippen molar-refractivity contribution in [3.05, 3.63) is 90.8 Å². The molecule has 2 atom stereocenters. The van der Waals surface area contributed by atoms with E-state index in [1.807, 2.05) is 54.7 Å². The van der Waals surface area contributed by atoms with Crippen LogP contribution in [0.5, 0.6) is 11.6 Å². The molecule has 1 saturated heterocycles. The molecule has 2 aromatic carbocycles. The summed E-state index contributed by atoms with van der Waals surface area (Å²) in [6.07, 6.45) is 7.12. The first-order valence-corrected chi connectivity index (χ1v) is 13.2. The van der Waals surface area contributed by atoms with Crippen LogP contribution in [0, 0.1) is 5.92 Å². The maximum atomic E-state index is 11.7. The SMILES string of the molecule is C[S+]([O-])c1ccc(Oc2ncc(Nc3ccc(-c4ccccc4)cn3)cc2CC2CCOC2)cc1. The molecule has 1 aliphatic heterocycles. The Kier molecular flexibility index (Phi) is 7.28. The van der Waals surface area contributed by atoms with Gasteiger partial charge in [-0.25, -0.2) is 9.97 Å². The maximum absolute atomic E-state index is 11.7. The van der Waals surface area contributed by atoms with Gasteiger partial charge in [-0.3, -0.25) is 0 Å². The largest absolute Gasteiger partial charge is 0.612 e. The number of rotatable bonds is 8. The average Bonchev–Trinajstić information content (AvgIpc) is 3.40. The van der Waals surface area contributed by atoms with Crippen LogP contribution in [-0.4, -0.2) is 34.0 Å². The molecular weight excluding hydrogens is 458 g/mol. The zero-order valence-electron chi connectivity index (χ0n) is 19.5. The Labute approximate surface area is 208 Å². The summed E-state index contributed by atoms with van der Waals surface area (Å²) in [4.78, 5) is 9.97. The second-order valence-electron chi connectivity index (χ2n) is 8.57. The van der Waals surface area contributed by atoms with E-state index >= 15 is 0 Å². The fourth-order valence-corrected chi connectivity index (χ4v) is 4.61. The zero-order valence-corrected chi connectivity index (χ0v) is 20.3. The van der Waals surface area contributed by atoms with Crippen LogP contribution in [0.15, 0.2) is 90.1 Å². The van der Waals surface area contributed by atoms with Crippen molar-refractivity contribution in [2.45, 2.75) is 17.7 Å². The van der Waals surface area contributed by atoms with Crippen LogP contribution in [-0.2, 0) is 22.3 Å². The van der Waals surface area contributed by atoms with E-state index in [1.165, 1.54) is 0 Å². The minimum Gasteiger partial charge on any atom is -0.612 e. The summed E-state index contributed by atoms with van der Waals surface area (Å²) in [6, 6.07) is 23.6. The first kappa shape index (κ1) is 23.4. The van der Waals surface area contributed by atoms with Crippen molar-refractivity contribution >= 4 is 22.7 Å². The second kappa shape index (κ2) is 10.9. The van der Waals surface area contributed by atoms with Gasteiger partial charge in [0, 0.05) is 30.5 Å². The second-order valence-corrected chi connectivity index (χ2v) is 9.95. The van der Waals surface area contributed by atoms with Gasteiger partial charge in [0.1, 0.15) is 17.8 Å². The van der Waals surface area contributed by atoms with E-state index < -0.39 is 11.2 Å². The normalized spacial score (nSPS) is 16.1. The van der Waals surface area contributed by atoms with E-state index in [0.29, 0.717) is 17.5 Å². The average molecular weight is 486 g/mol. The summed E-state index contributed by atoms with van der Waals surface area (Å²) in [7, 11) is 0. The highest BCUT2D eigenvalue weighted by Crippen LogP contribution is 2.31. The highest BCUT2D eigenvalue weighted by molar-refractivity contribution is 7.90. The summed E-state index contributed by atoms with van der Waals surface area (Å²) >= 11 is -1.03. The topological polar surface area (TPSA) is 79.3 Å². The third-order valence-electron chi connectivity index (χ3n) is 5.97. The number of hydrogen-bond acceptors (Lipinski definition) is 6. The van der Waals surface area contributed by atoms with Crippen LogP contribution in [0.1, 0.15) is 12.0 Å². The lowest BCUT2D eigenvalue weighted by Crippen LogP contribution is -2.07. The van der Waals surface area contributed by atoms with Gasteiger partial charge in [-0.05, 0) is 78.0 Å². The summed E-state index contributed by atoms with van der Waals surface area (Å²) in [5, 5.41) is 3.36. The third kappa shape index (κ3) is 6.00. The number of ether oxygens (including phenoxy) is 2. The molecule has 0 saturated carbocycles. The molecule has 2 unspecified atom stereocenters. The molecule has 4 aromatic rings. The molecule has 0 amide bonds.